The summed E-state index contributed by atoms with van der Waals surface area (Å²) >= 11 is 3.26. The zero-order valence-corrected chi connectivity index (χ0v) is 21.1. The molecule has 3 N–H and O–H groups in total. The Morgan fingerprint density at radius 1 is 1.19 bits per heavy atom. The first-order valence-electron chi connectivity index (χ1n) is 11.0. The molecule has 0 unspecified atom stereocenters. The predicted molar refractivity (Wildman–Crippen MR) is 135 cm³/mol. The fourth-order valence-electron chi connectivity index (χ4n) is 3.57. The second-order valence-corrected chi connectivity index (χ2v) is 8.91. The lowest BCUT2D eigenvalue weighted by Gasteiger charge is -2.15. The van der Waals surface area contributed by atoms with E-state index in [0.29, 0.717) is 52.3 Å². The molecule has 0 aliphatic carbocycles. The summed E-state index contributed by atoms with van der Waals surface area (Å²) in [4.78, 5) is 43.5. The normalized spacial score (nSPS) is 10.9. The second-order valence-electron chi connectivity index (χ2n) is 8.05. The van der Waals surface area contributed by atoms with Gasteiger partial charge < -0.3 is 19.7 Å². The summed E-state index contributed by atoms with van der Waals surface area (Å²) in [6, 6.07) is 8.10. The summed E-state index contributed by atoms with van der Waals surface area (Å²) in [7, 11) is 0. The van der Waals surface area contributed by atoms with Crippen LogP contribution in [0.2, 0.25) is 0 Å². The molecule has 186 valence electrons. The Bertz CT molecular complexity index is 1500. The van der Waals surface area contributed by atoms with Crippen LogP contribution in [0.25, 0.3) is 5.69 Å². The van der Waals surface area contributed by atoms with Gasteiger partial charge in [-0.1, -0.05) is 0 Å². The number of halogens is 1. The lowest BCUT2D eigenvalue weighted by molar-refractivity contribution is 0.0944. The summed E-state index contributed by atoms with van der Waals surface area (Å²) in [6.07, 6.45) is 5.78. The number of aromatic nitrogens is 5. The van der Waals surface area contributed by atoms with Crippen molar-refractivity contribution in [2.45, 2.75) is 26.8 Å². The molecule has 36 heavy (non-hydrogen) atoms. The van der Waals surface area contributed by atoms with E-state index in [9.17, 15) is 19.5 Å². The Morgan fingerprint density at radius 3 is 2.61 bits per heavy atom. The van der Waals surface area contributed by atoms with Gasteiger partial charge in [-0.05, 0) is 77.7 Å². The third-order valence-electron chi connectivity index (χ3n) is 5.31. The van der Waals surface area contributed by atoms with Crippen LogP contribution in [-0.2, 0) is 6.54 Å². The van der Waals surface area contributed by atoms with E-state index >= 15 is 0 Å². The highest BCUT2D eigenvalue weighted by atomic mass is 79.9. The maximum atomic E-state index is 12.6. The number of hydrogen-bond acceptors (Lipinski definition) is 7. The molecule has 0 saturated carbocycles. The van der Waals surface area contributed by atoms with Crippen molar-refractivity contribution < 1.29 is 14.6 Å². The van der Waals surface area contributed by atoms with Gasteiger partial charge in [-0.2, -0.15) is 9.78 Å². The van der Waals surface area contributed by atoms with Crippen molar-refractivity contribution in [3.63, 3.8) is 0 Å². The minimum Gasteiger partial charge on any atom is -0.507 e. The molecule has 4 aromatic rings. The van der Waals surface area contributed by atoms with Crippen LogP contribution in [0.4, 0.5) is 0 Å². The molecule has 0 atom stereocenters. The molecule has 2 aromatic heterocycles. The average molecular weight is 555 g/mol. The number of carbonyl (C=O) groups is 1. The summed E-state index contributed by atoms with van der Waals surface area (Å²) in [5.74, 6) is 0.476. The lowest BCUT2D eigenvalue weighted by Crippen LogP contribution is -2.39. The van der Waals surface area contributed by atoms with E-state index in [2.05, 4.69) is 36.3 Å². The Morgan fingerprint density at radius 2 is 1.94 bits per heavy atom. The highest BCUT2D eigenvalue weighted by Gasteiger charge is 2.17. The quantitative estimate of drug-likeness (QED) is 0.284. The monoisotopic (exact) mass is 554 g/mol. The maximum absolute atomic E-state index is 12.6. The number of aryl methyl sites for hydroxylation is 3. The fourth-order valence-corrected chi connectivity index (χ4v) is 3.93. The molecule has 0 spiro atoms. The van der Waals surface area contributed by atoms with E-state index in [0.717, 1.165) is 4.68 Å². The van der Waals surface area contributed by atoms with Gasteiger partial charge in [0.1, 0.15) is 17.2 Å². The summed E-state index contributed by atoms with van der Waals surface area (Å²) in [5, 5.41) is 16.4. The maximum Gasteiger partial charge on any atom is 0.349 e. The molecule has 12 heteroatoms. The van der Waals surface area contributed by atoms with Gasteiger partial charge in [-0.25, -0.2) is 9.78 Å². The van der Waals surface area contributed by atoms with E-state index < -0.39 is 22.9 Å². The van der Waals surface area contributed by atoms with Gasteiger partial charge >= 0.3 is 5.69 Å². The smallest absolute Gasteiger partial charge is 0.349 e. The van der Waals surface area contributed by atoms with Crippen LogP contribution in [0.15, 0.2) is 63.1 Å². The molecule has 2 heterocycles. The van der Waals surface area contributed by atoms with Crippen LogP contribution < -0.4 is 21.3 Å². The number of nitrogens with zero attached hydrogens (tertiary/aromatic N) is 4. The zero-order valence-electron chi connectivity index (χ0n) is 19.5. The molecular weight excluding hydrogens is 532 g/mol. The van der Waals surface area contributed by atoms with Crippen LogP contribution in [-0.4, -0.2) is 41.9 Å². The van der Waals surface area contributed by atoms with E-state index in [4.69, 9.17) is 4.74 Å². The van der Waals surface area contributed by atoms with Crippen molar-refractivity contribution in [1.29, 1.82) is 0 Å². The van der Waals surface area contributed by atoms with Crippen molar-refractivity contribution in [3.05, 3.63) is 91.2 Å². The molecular formula is C24H23BrN6O5. The molecule has 0 bridgehead atoms. The third-order valence-corrected chi connectivity index (χ3v) is 5.94. The molecule has 0 fully saturated rings. The summed E-state index contributed by atoms with van der Waals surface area (Å²) in [5.41, 5.74) is -0.304. The van der Waals surface area contributed by atoms with E-state index in [1.165, 1.54) is 6.07 Å². The topological polar surface area (TPSA) is 144 Å². The van der Waals surface area contributed by atoms with E-state index in [-0.39, 0.29) is 5.75 Å². The van der Waals surface area contributed by atoms with Crippen LogP contribution in [0.5, 0.6) is 17.2 Å². The molecule has 1 amide bonds. The number of H-pyrrole nitrogens is 1. The zero-order chi connectivity index (χ0) is 25.8. The SMILES string of the molecule is Cc1cc(-n2nc(C(=O)NCCCn3ccnc3)c(=O)[nH]c2=O)cc(C)c1Oc1ccc(O)c(Br)c1. The van der Waals surface area contributed by atoms with Crippen molar-refractivity contribution in [2.24, 2.45) is 0 Å². The largest absolute Gasteiger partial charge is 0.507 e. The fraction of sp³-hybridized carbons (Fsp3) is 0.208. The molecule has 11 nitrogen and oxygen atoms in total. The van der Waals surface area contributed by atoms with Crippen LogP contribution in [0.3, 0.4) is 0 Å². The van der Waals surface area contributed by atoms with Crippen molar-refractivity contribution >= 4 is 21.8 Å². The van der Waals surface area contributed by atoms with Crippen LogP contribution in [0, 0.1) is 13.8 Å². The van der Waals surface area contributed by atoms with Gasteiger partial charge in [0, 0.05) is 25.5 Å². The second kappa shape index (κ2) is 10.6. The van der Waals surface area contributed by atoms with Crippen molar-refractivity contribution in [3.8, 4) is 22.9 Å². The highest BCUT2D eigenvalue weighted by molar-refractivity contribution is 9.10. The Labute approximate surface area is 213 Å². The Kier molecular flexibility index (Phi) is 7.34. The molecule has 0 saturated heterocycles. The Hall–Kier alpha value is -4.19. The standard InChI is InChI=1S/C24H23BrN6O5/c1-14-10-16(11-15(2)21(14)36-17-4-5-19(32)18(25)12-17)31-24(35)28-23(34)20(29-31)22(33)27-6-3-8-30-9-7-26-13-30/h4-5,7,9-13,32H,3,6,8H2,1-2H3,(H,27,33)(H,28,34,35). The van der Waals surface area contributed by atoms with Crippen molar-refractivity contribution in [2.75, 3.05) is 6.54 Å². The minimum absolute atomic E-state index is 0.0905. The number of phenols is 1. The van der Waals surface area contributed by atoms with Gasteiger partial charge in [0.2, 0.25) is 5.69 Å². The molecule has 0 aliphatic rings. The number of ether oxygens (including phenoxy) is 1. The predicted octanol–water partition coefficient (Wildman–Crippen LogP) is 2.81. The van der Waals surface area contributed by atoms with Crippen LogP contribution in [0.1, 0.15) is 28.0 Å². The highest BCUT2D eigenvalue weighted by Crippen LogP contribution is 2.34. The molecule has 4 rings (SSSR count). The average Bonchev–Trinajstić information content (AvgIpc) is 3.35. The van der Waals surface area contributed by atoms with Gasteiger partial charge in [-0.15, -0.1) is 0 Å². The van der Waals surface area contributed by atoms with Gasteiger partial charge in [0.05, 0.1) is 16.5 Å². The first kappa shape index (κ1) is 24.9. The Balaban J connectivity index is 1.55. The first-order valence-corrected chi connectivity index (χ1v) is 11.8. The number of nitrogens with one attached hydrogen (secondary N) is 2. The van der Waals surface area contributed by atoms with Gasteiger partial charge in [0.15, 0.2) is 0 Å². The summed E-state index contributed by atoms with van der Waals surface area (Å²) in [6.45, 7) is 4.56. The van der Waals surface area contributed by atoms with E-state index in [1.54, 1.807) is 50.6 Å². The number of imidazole rings is 1. The third kappa shape index (κ3) is 5.54. The van der Waals surface area contributed by atoms with Gasteiger partial charge in [0.25, 0.3) is 11.5 Å². The lowest BCUT2D eigenvalue weighted by atomic mass is 10.1. The summed E-state index contributed by atoms with van der Waals surface area (Å²) < 4.78 is 9.32. The number of carbonyl (C=O) groups excluding carboxylic acids is 1. The van der Waals surface area contributed by atoms with Crippen LogP contribution >= 0.6 is 15.9 Å². The number of benzene rings is 2. The number of aromatic amines is 1. The van der Waals surface area contributed by atoms with E-state index in [1.807, 2.05) is 10.8 Å². The van der Waals surface area contributed by atoms with Gasteiger partial charge in [-0.3, -0.25) is 14.6 Å². The number of hydrogen-bond donors (Lipinski definition) is 3. The van der Waals surface area contributed by atoms with Crippen molar-refractivity contribution in [1.82, 2.24) is 29.6 Å². The number of phenolic OH excluding ortho intramolecular Hbond substituents is 1. The number of rotatable bonds is 8. The number of amides is 1. The molecule has 0 radical (unpaired) electrons. The molecule has 2 aromatic carbocycles. The first-order chi connectivity index (χ1) is 17.2. The number of aromatic hydroxyl groups is 1. The molecule has 0 aliphatic heterocycles. The minimum atomic E-state index is -0.866.